The lowest BCUT2D eigenvalue weighted by molar-refractivity contribution is -0.695. The fourth-order valence-electron chi connectivity index (χ4n) is 7.32. The quantitative estimate of drug-likeness (QED) is 0.0386. The Labute approximate surface area is 347 Å². The molecule has 6 nitrogen and oxygen atoms in total. The summed E-state index contributed by atoms with van der Waals surface area (Å²) in [5.41, 5.74) is 6.44. The topological polar surface area (TPSA) is 30.8 Å². The van der Waals surface area contributed by atoms with E-state index in [1.165, 1.54) is 117 Å². The molecular weight excluding hydrogens is 725 g/mol. The Morgan fingerprint density at radius 3 is 1.73 bits per heavy atom. The summed E-state index contributed by atoms with van der Waals surface area (Å²) in [6, 6.07) is 24.6. The Kier molecular flexibility index (Phi) is 20.5. The van der Waals surface area contributed by atoms with Crippen LogP contribution >= 0.6 is 21.6 Å². The minimum absolute atomic E-state index is 0.951. The van der Waals surface area contributed by atoms with Crippen molar-refractivity contribution in [2.24, 2.45) is 0 Å². The number of anilines is 2. The first-order valence-electron chi connectivity index (χ1n) is 21.3. The van der Waals surface area contributed by atoms with E-state index in [0.717, 1.165) is 39.3 Å². The van der Waals surface area contributed by atoms with Crippen LogP contribution in [-0.4, -0.2) is 99.5 Å². The summed E-state index contributed by atoms with van der Waals surface area (Å²) >= 11 is 0. The van der Waals surface area contributed by atoms with Crippen LogP contribution < -0.4 is 19.4 Å². The van der Waals surface area contributed by atoms with E-state index in [4.69, 9.17) is 0 Å². The fourth-order valence-corrected chi connectivity index (χ4v) is 9.61. The van der Waals surface area contributed by atoms with Gasteiger partial charge in [0.1, 0.15) is 13.1 Å². The summed E-state index contributed by atoms with van der Waals surface area (Å²) in [6.45, 7) is 18.0. The molecule has 3 aromatic rings. The molecular formula is C48H68N6S2+2. The largest absolute Gasteiger partial charge is 0.370 e. The first kappa shape index (κ1) is 43.6. The minimum Gasteiger partial charge on any atom is -0.370 e. The summed E-state index contributed by atoms with van der Waals surface area (Å²) in [5.74, 6) is 2.55. The van der Waals surface area contributed by atoms with Crippen LogP contribution in [0.25, 0.3) is 18.2 Å². The first-order chi connectivity index (χ1) is 27.7. The maximum absolute atomic E-state index is 3.17. The van der Waals surface area contributed by atoms with Crippen molar-refractivity contribution < 1.29 is 9.56 Å². The van der Waals surface area contributed by atoms with Gasteiger partial charge in [-0.05, 0) is 126 Å². The third kappa shape index (κ3) is 16.1. The molecule has 2 fully saturated rings. The van der Waals surface area contributed by atoms with E-state index in [1.807, 2.05) is 18.4 Å². The third-order valence-electron chi connectivity index (χ3n) is 10.6. The highest BCUT2D eigenvalue weighted by atomic mass is 33.1. The van der Waals surface area contributed by atoms with E-state index in [2.05, 4.69) is 174 Å². The van der Waals surface area contributed by atoms with Crippen LogP contribution in [0.4, 0.5) is 11.4 Å². The minimum atomic E-state index is 0.951. The number of aromatic nitrogens is 1. The normalized spacial score (nSPS) is 16.7. The van der Waals surface area contributed by atoms with Gasteiger partial charge >= 0.3 is 0 Å². The average molecular weight is 793 g/mol. The van der Waals surface area contributed by atoms with Gasteiger partial charge < -0.3 is 19.6 Å². The Balaban J connectivity index is 0.868. The molecule has 1 aromatic heterocycles. The zero-order valence-corrected chi connectivity index (χ0v) is 36.0. The molecule has 8 heteroatoms. The predicted molar refractivity (Wildman–Crippen MR) is 249 cm³/mol. The van der Waals surface area contributed by atoms with Crippen molar-refractivity contribution in [3.05, 3.63) is 120 Å². The lowest BCUT2D eigenvalue weighted by Crippen LogP contribution is -2.67. The van der Waals surface area contributed by atoms with Crippen LogP contribution in [0, 0.1) is 0 Å². The van der Waals surface area contributed by atoms with Gasteiger partial charge in [0.15, 0.2) is 12.4 Å². The number of aryl methyl sites for hydroxylation is 1. The molecule has 2 aliphatic heterocycles. The van der Waals surface area contributed by atoms with Crippen LogP contribution in [-0.2, 0) is 6.54 Å². The molecule has 0 spiro atoms. The molecule has 1 N–H and O–H groups in total. The smallest absolute Gasteiger partial charge is 0.205 e. The standard InChI is InChI=1S/C48H67N6S2/c1-3-49-30-10-7-5-6-8-18-44-20-26-47(27-21-44)53-36-16-33-50(38-40-53)31-12-14-42-55-56-43-15-13-32-51-34-17-37-54(41-39-51)48-28-23-45(24-29-48)22-25-46-19-9-11-35-52(46)4-2/h5-11,18-30,35H,3-4,12-17,31-34,36-43H2,1-2H3/q+1/p+1/b6-5+,10-7-,18-8+,49-30?. The van der Waals surface area contributed by atoms with E-state index in [-0.39, 0.29) is 0 Å². The fraction of sp³-hybridized carbons (Fsp3) is 0.458. The van der Waals surface area contributed by atoms with Gasteiger partial charge in [-0.15, -0.1) is 0 Å². The second-order valence-corrected chi connectivity index (χ2v) is 17.4. The molecule has 0 amide bonds. The van der Waals surface area contributed by atoms with Gasteiger partial charge in [0.2, 0.25) is 5.69 Å². The van der Waals surface area contributed by atoms with Gasteiger partial charge in [0.05, 0.1) is 0 Å². The van der Waals surface area contributed by atoms with Crippen molar-refractivity contribution in [1.82, 2.24) is 9.80 Å². The highest BCUT2D eigenvalue weighted by Crippen LogP contribution is 2.25. The number of nitrogens with zero attached hydrogens (tertiary/aromatic N) is 5. The van der Waals surface area contributed by atoms with Crippen LogP contribution in [0.2, 0.25) is 0 Å². The summed E-state index contributed by atoms with van der Waals surface area (Å²) in [7, 11) is 4.19. The van der Waals surface area contributed by atoms with Crippen LogP contribution in [0.1, 0.15) is 69.2 Å². The molecule has 0 saturated carbocycles. The SMILES string of the molecule is CC[NH+]=C\C=C/C=C/C=C/c1ccc(N2CCCN(CCCCSSCCCCN3CCCN(c4ccc(/C=C/c5cccc[n+]5CC)cc4)CC3)CC2)cc1. The molecule has 0 unspecified atom stereocenters. The van der Waals surface area contributed by atoms with Gasteiger partial charge in [-0.3, -0.25) is 0 Å². The number of benzene rings is 2. The van der Waals surface area contributed by atoms with Crippen molar-refractivity contribution in [3.63, 3.8) is 0 Å². The maximum Gasteiger partial charge on any atom is 0.205 e. The molecule has 0 bridgehead atoms. The third-order valence-corrected chi connectivity index (χ3v) is 13.2. The highest BCUT2D eigenvalue weighted by Gasteiger charge is 2.16. The van der Waals surface area contributed by atoms with Gasteiger partial charge in [0.25, 0.3) is 0 Å². The van der Waals surface area contributed by atoms with E-state index in [1.54, 1.807) is 0 Å². The van der Waals surface area contributed by atoms with Crippen molar-refractivity contribution in [3.8, 4) is 0 Å². The molecule has 300 valence electrons. The number of allylic oxidation sites excluding steroid dienone is 5. The second-order valence-electron chi connectivity index (χ2n) is 14.7. The van der Waals surface area contributed by atoms with Crippen LogP contribution in [0.15, 0.2) is 103 Å². The Morgan fingerprint density at radius 2 is 1.14 bits per heavy atom. The first-order valence-corrected chi connectivity index (χ1v) is 23.8. The maximum atomic E-state index is 3.17. The number of pyridine rings is 1. The number of hydrogen-bond donors (Lipinski definition) is 1. The number of hydrogen-bond acceptors (Lipinski definition) is 6. The summed E-state index contributed by atoms with van der Waals surface area (Å²) in [5, 5.41) is 0. The Hall–Kier alpha value is -3.56. The monoisotopic (exact) mass is 792 g/mol. The van der Waals surface area contributed by atoms with E-state index >= 15 is 0 Å². The predicted octanol–water partition coefficient (Wildman–Crippen LogP) is 8.13. The molecule has 2 aromatic carbocycles. The van der Waals surface area contributed by atoms with Gasteiger partial charge in [0, 0.05) is 86.4 Å². The lowest BCUT2D eigenvalue weighted by atomic mass is 10.1. The highest BCUT2D eigenvalue weighted by molar-refractivity contribution is 8.76. The van der Waals surface area contributed by atoms with Crippen LogP contribution in [0.3, 0.4) is 0 Å². The number of nitrogens with one attached hydrogen (secondary N) is 1. The zero-order valence-electron chi connectivity index (χ0n) is 34.3. The zero-order chi connectivity index (χ0) is 38.9. The molecule has 2 saturated heterocycles. The molecule has 2 aliphatic rings. The van der Waals surface area contributed by atoms with E-state index in [0.29, 0.717) is 0 Å². The number of rotatable bonds is 21. The average Bonchev–Trinajstić information content (AvgIpc) is 3.63. The van der Waals surface area contributed by atoms with Crippen LogP contribution in [0.5, 0.6) is 0 Å². The van der Waals surface area contributed by atoms with Gasteiger partial charge in [-0.2, -0.15) is 4.57 Å². The molecule has 0 aliphatic carbocycles. The van der Waals surface area contributed by atoms with Crippen molar-refractivity contribution in [2.75, 3.05) is 93.3 Å². The molecule has 3 heterocycles. The molecule has 56 heavy (non-hydrogen) atoms. The van der Waals surface area contributed by atoms with E-state index < -0.39 is 0 Å². The summed E-state index contributed by atoms with van der Waals surface area (Å²) in [4.78, 5) is 13.7. The lowest BCUT2D eigenvalue weighted by Gasteiger charge is -2.24. The van der Waals surface area contributed by atoms with Crippen molar-refractivity contribution in [2.45, 2.75) is 58.9 Å². The summed E-state index contributed by atoms with van der Waals surface area (Å²) in [6.07, 6.45) is 28.8. The van der Waals surface area contributed by atoms with Gasteiger partial charge in [-0.1, -0.05) is 76.2 Å². The molecule has 0 atom stereocenters. The van der Waals surface area contributed by atoms with Crippen molar-refractivity contribution in [1.29, 1.82) is 0 Å². The van der Waals surface area contributed by atoms with Crippen molar-refractivity contribution >= 4 is 57.4 Å². The number of unbranched alkanes of at least 4 members (excludes halogenated alkanes) is 2. The molecule has 0 radical (unpaired) electrons. The second kappa shape index (κ2) is 26.4. The van der Waals surface area contributed by atoms with Gasteiger partial charge in [-0.25, -0.2) is 4.99 Å². The Morgan fingerprint density at radius 1 is 0.571 bits per heavy atom. The summed E-state index contributed by atoms with van der Waals surface area (Å²) < 4.78 is 2.27. The molecule has 5 rings (SSSR count). The van der Waals surface area contributed by atoms with E-state index in [9.17, 15) is 0 Å². The Bertz CT molecular complexity index is 1670.